The summed E-state index contributed by atoms with van der Waals surface area (Å²) in [6.07, 6.45) is 0.814. The molecule has 148 valence electrons. The summed E-state index contributed by atoms with van der Waals surface area (Å²) in [5.41, 5.74) is 1.08. The van der Waals surface area contributed by atoms with Crippen LogP contribution in [0.25, 0.3) is 0 Å². The minimum absolute atomic E-state index is 0.00157. The summed E-state index contributed by atoms with van der Waals surface area (Å²) in [6.45, 7) is 7.08. The lowest BCUT2D eigenvalue weighted by atomic mass is 9.63. The third kappa shape index (κ3) is 2.94. The van der Waals surface area contributed by atoms with E-state index in [0.29, 0.717) is 22.8 Å². The molecule has 3 atom stereocenters. The van der Waals surface area contributed by atoms with Crippen LogP contribution in [0.3, 0.4) is 0 Å². The van der Waals surface area contributed by atoms with E-state index in [9.17, 15) is 9.18 Å². The van der Waals surface area contributed by atoms with E-state index < -0.39 is 17.3 Å². The molecule has 2 aromatic rings. The Bertz CT molecular complexity index is 956. The molecule has 2 aromatic carbocycles. The molecule has 1 spiro atoms. The second kappa shape index (κ2) is 6.72. The van der Waals surface area contributed by atoms with Gasteiger partial charge in [0.2, 0.25) is 5.91 Å². The smallest absolute Gasteiger partial charge is 0.237 e. The Balaban J connectivity index is 1.94. The van der Waals surface area contributed by atoms with E-state index in [1.54, 1.807) is 24.3 Å². The summed E-state index contributed by atoms with van der Waals surface area (Å²) in [6, 6.07) is 9.90. The number of carbonyl (C=O) groups is 1. The SMILES string of the molecule is CC(C)(C)C[C@@H]1CN[C@H](c2cccc(Cl)c2F)C12C(=O)Nc1cc(Cl)ccc12. The van der Waals surface area contributed by atoms with Gasteiger partial charge in [-0.3, -0.25) is 4.79 Å². The van der Waals surface area contributed by atoms with Gasteiger partial charge in [-0.25, -0.2) is 4.39 Å². The van der Waals surface area contributed by atoms with Crippen LogP contribution in [0.15, 0.2) is 36.4 Å². The summed E-state index contributed by atoms with van der Waals surface area (Å²) < 4.78 is 15.0. The summed E-state index contributed by atoms with van der Waals surface area (Å²) >= 11 is 12.2. The number of carbonyl (C=O) groups excluding carboxylic acids is 1. The van der Waals surface area contributed by atoms with Crippen molar-refractivity contribution in [3.63, 3.8) is 0 Å². The van der Waals surface area contributed by atoms with Gasteiger partial charge < -0.3 is 10.6 Å². The van der Waals surface area contributed by atoms with Gasteiger partial charge in [-0.05, 0) is 41.5 Å². The Morgan fingerprint density at radius 2 is 1.96 bits per heavy atom. The molecule has 3 nitrogen and oxygen atoms in total. The minimum atomic E-state index is -0.918. The standard InChI is InChI=1S/C22H23Cl2FN2O/c1-21(2,3)10-12-11-26-19(14-5-4-6-16(24)18(14)25)22(12)15-8-7-13(23)9-17(15)27-20(22)28/h4-9,12,19,26H,10-11H2,1-3H3,(H,27,28)/t12-,19-,22?/m1/s1. The molecule has 2 N–H and O–H groups in total. The van der Waals surface area contributed by atoms with Crippen LogP contribution in [0, 0.1) is 17.2 Å². The fourth-order valence-electron chi connectivity index (χ4n) is 4.91. The molecule has 0 aromatic heterocycles. The number of hydrogen-bond donors (Lipinski definition) is 2. The highest BCUT2D eigenvalue weighted by Gasteiger charge is 2.61. The molecule has 2 aliphatic heterocycles. The molecule has 6 heteroatoms. The van der Waals surface area contributed by atoms with E-state index >= 15 is 0 Å². The lowest BCUT2D eigenvalue weighted by Crippen LogP contribution is -2.45. The molecule has 2 heterocycles. The van der Waals surface area contributed by atoms with Gasteiger partial charge >= 0.3 is 0 Å². The Morgan fingerprint density at radius 3 is 2.68 bits per heavy atom. The molecule has 1 amide bonds. The molecule has 2 aliphatic rings. The molecule has 1 fully saturated rings. The van der Waals surface area contributed by atoms with Gasteiger partial charge in [-0.2, -0.15) is 0 Å². The van der Waals surface area contributed by atoms with E-state index in [4.69, 9.17) is 23.2 Å². The quantitative estimate of drug-likeness (QED) is 0.651. The summed E-state index contributed by atoms with van der Waals surface area (Å²) in [5.74, 6) is -0.598. The van der Waals surface area contributed by atoms with Gasteiger partial charge in [0.25, 0.3) is 0 Å². The normalized spacial score (nSPS) is 26.6. The van der Waals surface area contributed by atoms with Crippen LogP contribution < -0.4 is 10.6 Å². The van der Waals surface area contributed by atoms with Gasteiger partial charge in [0.15, 0.2) is 0 Å². The van der Waals surface area contributed by atoms with Crippen LogP contribution in [-0.4, -0.2) is 12.5 Å². The molecule has 0 radical (unpaired) electrons. The third-order valence-electron chi connectivity index (χ3n) is 5.87. The number of nitrogens with one attached hydrogen (secondary N) is 2. The van der Waals surface area contributed by atoms with Crippen LogP contribution >= 0.6 is 23.2 Å². The average molecular weight is 421 g/mol. The second-order valence-corrected chi connectivity index (χ2v) is 9.80. The van der Waals surface area contributed by atoms with Crippen LogP contribution in [-0.2, 0) is 10.2 Å². The Labute approximate surface area is 174 Å². The summed E-state index contributed by atoms with van der Waals surface area (Å²) in [4.78, 5) is 13.5. The van der Waals surface area contributed by atoms with Crippen molar-refractivity contribution in [3.05, 3.63) is 63.4 Å². The Hall–Kier alpha value is -1.62. The Kier molecular flexibility index (Phi) is 4.72. The topological polar surface area (TPSA) is 41.1 Å². The van der Waals surface area contributed by atoms with E-state index in [1.807, 2.05) is 6.07 Å². The fourth-order valence-corrected chi connectivity index (χ4v) is 5.26. The van der Waals surface area contributed by atoms with Gasteiger partial charge in [0, 0.05) is 22.8 Å². The van der Waals surface area contributed by atoms with Crippen LogP contribution in [0.2, 0.25) is 10.0 Å². The molecule has 0 aliphatic carbocycles. The van der Waals surface area contributed by atoms with Crippen LogP contribution in [0.5, 0.6) is 0 Å². The molecule has 28 heavy (non-hydrogen) atoms. The zero-order chi connectivity index (χ0) is 20.3. The van der Waals surface area contributed by atoms with Gasteiger partial charge in [-0.1, -0.05) is 62.2 Å². The van der Waals surface area contributed by atoms with Crippen LogP contribution in [0.1, 0.15) is 44.4 Å². The van der Waals surface area contributed by atoms with E-state index in [1.165, 1.54) is 6.07 Å². The Morgan fingerprint density at radius 1 is 1.21 bits per heavy atom. The van der Waals surface area contributed by atoms with E-state index in [0.717, 1.165) is 12.0 Å². The predicted molar refractivity (Wildman–Crippen MR) is 111 cm³/mol. The first-order valence-electron chi connectivity index (χ1n) is 9.43. The molecular formula is C22H23Cl2FN2O. The van der Waals surface area contributed by atoms with Gasteiger partial charge in [0.1, 0.15) is 5.82 Å². The fraction of sp³-hybridized carbons (Fsp3) is 0.409. The van der Waals surface area contributed by atoms with Crippen molar-refractivity contribution in [3.8, 4) is 0 Å². The van der Waals surface area contributed by atoms with Crippen molar-refractivity contribution in [2.75, 3.05) is 11.9 Å². The first-order valence-corrected chi connectivity index (χ1v) is 10.2. The number of rotatable bonds is 2. The lowest BCUT2D eigenvalue weighted by Gasteiger charge is -2.37. The minimum Gasteiger partial charge on any atom is -0.325 e. The average Bonchev–Trinajstić information content (AvgIpc) is 3.09. The van der Waals surface area contributed by atoms with Crippen molar-refractivity contribution < 1.29 is 9.18 Å². The first kappa shape index (κ1) is 19.7. The highest BCUT2D eigenvalue weighted by atomic mass is 35.5. The number of amides is 1. The van der Waals surface area contributed by atoms with Crippen molar-refractivity contribution in [1.82, 2.24) is 5.32 Å². The first-order chi connectivity index (χ1) is 13.1. The third-order valence-corrected chi connectivity index (χ3v) is 6.40. The zero-order valence-electron chi connectivity index (χ0n) is 16.1. The summed E-state index contributed by atoms with van der Waals surface area (Å²) in [7, 11) is 0. The zero-order valence-corrected chi connectivity index (χ0v) is 17.6. The maximum atomic E-state index is 15.0. The second-order valence-electron chi connectivity index (χ2n) is 8.96. The molecule has 0 saturated carbocycles. The molecule has 0 bridgehead atoms. The van der Waals surface area contributed by atoms with Crippen molar-refractivity contribution in [1.29, 1.82) is 0 Å². The number of hydrogen-bond acceptors (Lipinski definition) is 2. The monoisotopic (exact) mass is 420 g/mol. The molecule has 1 unspecified atom stereocenters. The lowest BCUT2D eigenvalue weighted by molar-refractivity contribution is -0.123. The van der Waals surface area contributed by atoms with Crippen molar-refractivity contribution in [2.45, 2.75) is 38.6 Å². The molecule has 4 rings (SSSR count). The molecular weight excluding hydrogens is 398 g/mol. The number of anilines is 1. The van der Waals surface area contributed by atoms with Gasteiger partial charge in [-0.15, -0.1) is 0 Å². The largest absolute Gasteiger partial charge is 0.325 e. The highest BCUT2D eigenvalue weighted by Crippen LogP contribution is 2.56. The highest BCUT2D eigenvalue weighted by molar-refractivity contribution is 6.31. The predicted octanol–water partition coefficient (Wildman–Crippen LogP) is 5.72. The van der Waals surface area contributed by atoms with Crippen LogP contribution in [0.4, 0.5) is 10.1 Å². The number of halogens is 3. The van der Waals surface area contributed by atoms with Crippen molar-refractivity contribution >= 4 is 34.8 Å². The van der Waals surface area contributed by atoms with E-state index in [2.05, 4.69) is 31.4 Å². The molecule has 1 saturated heterocycles. The van der Waals surface area contributed by atoms with Crippen molar-refractivity contribution in [2.24, 2.45) is 11.3 Å². The maximum Gasteiger partial charge on any atom is 0.237 e. The van der Waals surface area contributed by atoms with Gasteiger partial charge in [0.05, 0.1) is 16.5 Å². The number of benzene rings is 2. The maximum absolute atomic E-state index is 15.0. The summed E-state index contributed by atoms with van der Waals surface area (Å²) in [5, 5.41) is 7.06. The number of fused-ring (bicyclic) bond motifs is 2. The van der Waals surface area contributed by atoms with E-state index in [-0.39, 0.29) is 22.3 Å².